The minimum absolute atomic E-state index is 0.232. The largest absolute Gasteiger partial charge is 0.492 e. The Hall–Kier alpha value is -3.28. The van der Waals surface area contributed by atoms with Gasteiger partial charge in [-0.2, -0.15) is 0 Å². The molecule has 1 aliphatic rings. The summed E-state index contributed by atoms with van der Waals surface area (Å²) in [6.07, 6.45) is 0.672. The number of hydrogen-bond donors (Lipinski definition) is 0. The van der Waals surface area contributed by atoms with E-state index in [-0.39, 0.29) is 6.09 Å². The van der Waals surface area contributed by atoms with Gasteiger partial charge in [-0.25, -0.2) is 4.79 Å². The van der Waals surface area contributed by atoms with Crippen molar-refractivity contribution in [3.63, 3.8) is 0 Å². The van der Waals surface area contributed by atoms with E-state index in [4.69, 9.17) is 21.1 Å². The maximum absolute atomic E-state index is 12.3. The van der Waals surface area contributed by atoms with E-state index in [2.05, 4.69) is 60.4 Å². The molecule has 0 radical (unpaired) electrons. The molecule has 0 saturated carbocycles. The number of amides is 1. The molecule has 206 valence electrons. The Morgan fingerprint density at radius 1 is 0.821 bits per heavy atom. The fourth-order valence-corrected chi connectivity index (χ4v) is 4.91. The fourth-order valence-electron chi connectivity index (χ4n) is 4.79. The van der Waals surface area contributed by atoms with Gasteiger partial charge in [-0.05, 0) is 79.3 Å². The topological polar surface area (TPSA) is 42.0 Å². The smallest absolute Gasteiger partial charge is 0.410 e. The lowest BCUT2D eigenvalue weighted by Gasteiger charge is -2.35. The number of ether oxygens (including phenoxy) is 2. The molecule has 6 heteroatoms. The normalized spacial score (nSPS) is 15.1. The molecule has 5 nitrogen and oxygen atoms in total. The molecule has 1 amide bonds. The van der Waals surface area contributed by atoms with Gasteiger partial charge < -0.3 is 14.4 Å². The van der Waals surface area contributed by atoms with E-state index in [1.807, 2.05) is 51.1 Å². The zero-order valence-corrected chi connectivity index (χ0v) is 24.2. The summed E-state index contributed by atoms with van der Waals surface area (Å²) in [5.74, 6) is 0.847. The second-order valence-corrected chi connectivity index (χ2v) is 11.2. The van der Waals surface area contributed by atoms with Gasteiger partial charge in [0.1, 0.15) is 18.0 Å². The number of halogens is 1. The number of benzene rings is 3. The van der Waals surface area contributed by atoms with E-state index in [0.717, 1.165) is 48.0 Å². The maximum Gasteiger partial charge on any atom is 0.410 e. The minimum Gasteiger partial charge on any atom is -0.492 e. The summed E-state index contributed by atoms with van der Waals surface area (Å²) >= 11 is 6.20. The van der Waals surface area contributed by atoms with Crippen LogP contribution < -0.4 is 4.74 Å². The molecule has 0 unspecified atom stereocenters. The van der Waals surface area contributed by atoms with Gasteiger partial charge in [0.15, 0.2) is 0 Å². The standard InChI is InChI=1S/C33H39ClN2O3/c1-5-30(25-9-7-6-8-10-25)31(26-11-15-28(34)16-12-26)27-13-17-29(18-14-27)38-24-23-35-19-21-36(22-20-35)32(37)39-33(2,3)4/h6-18H,5,19-24H2,1-4H3/b31-30-. The Bertz CT molecular complexity index is 1240. The second kappa shape index (κ2) is 13.2. The lowest BCUT2D eigenvalue weighted by Crippen LogP contribution is -2.50. The zero-order valence-electron chi connectivity index (χ0n) is 23.5. The van der Waals surface area contributed by atoms with Crippen LogP contribution in [0.5, 0.6) is 5.75 Å². The van der Waals surface area contributed by atoms with Crippen LogP contribution in [0.4, 0.5) is 4.79 Å². The molecule has 0 bridgehead atoms. The highest BCUT2D eigenvalue weighted by molar-refractivity contribution is 6.30. The van der Waals surface area contributed by atoms with Crippen LogP contribution in [0.25, 0.3) is 11.1 Å². The Kier molecular flexibility index (Phi) is 9.71. The Balaban J connectivity index is 1.39. The molecule has 0 aliphatic carbocycles. The van der Waals surface area contributed by atoms with Crippen LogP contribution in [0, 0.1) is 0 Å². The molecule has 39 heavy (non-hydrogen) atoms. The highest BCUT2D eigenvalue weighted by Gasteiger charge is 2.25. The number of carbonyl (C=O) groups is 1. The first kappa shape index (κ1) is 28.7. The second-order valence-electron chi connectivity index (χ2n) is 10.8. The lowest BCUT2D eigenvalue weighted by molar-refractivity contribution is 0.0137. The van der Waals surface area contributed by atoms with Crippen LogP contribution in [0.15, 0.2) is 78.9 Å². The minimum atomic E-state index is -0.470. The van der Waals surface area contributed by atoms with Crippen molar-refractivity contribution in [3.8, 4) is 5.75 Å². The van der Waals surface area contributed by atoms with Crippen LogP contribution in [-0.2, 0) is 4.74 Å². The third kappa shape index (κ3) is 8.11. The summed E-state index contributed by atoms with van der Waals surface area (Å²) in [6.45, 7) is 12.3. The first-order valence-electron chi connectivity index (χ1n) is 13.7. The number of carbonyl (C=O) groups excluding carboxylic acids is 1. The van der Waals surface area contributed by atoms with E-state index >= 15 is 0 Å². The molecule has 1 fully saturated rings. The molecule has 1 saturated heterocycles. The van der Waals surface area contributed by atoms with Crippen LogP contribution in [0.1, 0.15) is 50.8 Å². The van der Waals surface area contributed by atoms with Gasteiger partial charge in [0, 0.05) is 37.7 Å². The highest BCUT2D eigenvalue weighted by atomic mass is 35.5. The van der Waals surface area contributed by atoms with Crippen molar-refractivity contribution >= 4 is 28.8 Å². The quantitative estimate of drug-likeness (QED) is 0.272. The van der Waals surface area contributed by atoms with Crippen molar-refractivity contribution in [3.05, 3.63) is 101 Å². The van der Waals surface area contributed by atoms with Crippen molar-refractivity contribution in [2.75, 3.05) is 39.3 Å². The van der Waals surface area contributed by atoms with Gasteiger partial charge in [0.25, 0.3) is 0 Å². The summed E-state index contributed by atoms with van der Waals surface area (Å²) in [4.78, 5) is 16.4. The zero-order chi connectivity index (χ0) is 27.8. The van der Waals surface area contributed by atoms with E-state index in [0.29, 0.717) is 19.7 Å². The van der Waals surface area contributed by atoms with Gasteiger partial charge in [-0.15, -0.1) is 0 Å². The summed E-state index contributed by atoms with van der Waals surface area (Å²) in [7, 11) is 0. The molecular formula is C33H39ClN2O3. The molecule has 4 rings (SSSR count). The van der Waals surface area contributed by atoms with E-state index in [9.17, 15) is 4.79 Å². The van der Waals surface area contributed by atoms with Gasteiger partial charge >= 0.3 is 6.09 Å². The Morgan fingerprint density at radius 2 is 1.41 bits per heavy atom. The summed E-state index contributed by atoms with van der Waals surface area (Å²) in [5, 5.41) is 0.728. The molecule has 3 aromatic rings. The molecular weight excluding hydrogens is 508 g/mol. The van der Waals surface area contributed by atoms with Crippen LogP contribution in [-0.4, -0.2) is 60.8 Å². The van der Waals surface area contributed by atoms with Crippen LogP contribution in [0.3, 0.4) is 0 Å². The van der Waals surface area contributed by atoms with Crippen LogP contribution >= 0.6 is 11.6 Å². The third-order valence-corrected chi connectivity index (χ3v) is 7.01. The average molecular weight is 547 g/mol. The molecule has 0 atom stereocenters. The van der Waals surface area contributed by atoms with E-state index < -0.39 is 5.60 Å². The van der Waals surface area contributed by atoms with Gasteiger partial charge in [0.05, 0.1) is 0 Å². The highest BCUT2D eigenvalue weighted by Crippen LogP contribution is 2.35. The van der Waals surface area contributed by atoms with Crippen molar-refractivity contribution in [1.29, 1.82) is 0 Å². The van der Waals surface area contributed by atoms with Crippen molar-refractivity contribution < 1.29 is 14.3 Å². The molecule has 0 N–H and O–H groups in total. The number of piperazine rings is 1. The van der Waals surface area contributed by atoms with Crippen molar-refractivity contribution in [1.82, 2.24) is 9.80 Å². The summed E-state index contributed by atoms with van der Waals surface area (Å²) in [5.41, 5.74) is 5.52. The number of hydrogen-bond acceptors (Lipinski definition) is 4. The predicted octanol–water partition coefficient (Wildman–Crippen LogP) is 7.64. The van der Waals surface area contributed by atoms with Crippen molar-refractivity contribution in [2.45, 2.75) is 39.7 Å². The molecule has 1 heterocycles. The average Bonchev–Trinajstić information content (AvgIpc) is 2.93. The molecule has 0 aromatic heterocycles. The lowest BCUT2D eigenvalue weighted by atomic mass is 9.88. The van der Waals surface area contributed by atoms with Gasteiger partial charge in [-0.1, -0.05) is 73.1 Å². The monoisotopic (exact) mass is 546 g/mol. The van der Waals surface area contributed by atoms with E-state index in [1.165, 1.54) is 16.7 Å². The molecule has 0 spiro atoms. The van der Waals surface area contributed by atoms with E-state index in [1.54, 1.807) is 4.90 Å². The summed E-state index contributed by atoms with van der Waals surface area (Å²) < 4.78 is 11.6. The van der Waals surface area contributed by atoms with Crippen molar-refractivity contribution in [2.24, 2.45) is 0 Å². The molecule has 3 aromatic carbocycles. The summed E-state index contributed by atoms with van der Waals surface area (Å²) in [6, 6.07) is 27.0. The maximum atomic E-state index is 12.3. The third-order valence-electron chi connectivity index (χ3n) is 6.75. The van der Waals surface area contributed by atoms with Gasteiger partial charge in [0.2, 0.25) is 0 Å². The molecule has 1 aliphatic heterocycles. The number of allylic oxidation sites excluding steroid dienone is 1. The fraction of sp³-hybridized carbons (Fsp3) is 0.364. The predicted molar refractivity (Wildman–Crippen MR) is 160 cm³/mol. The Labute approximate surface area is 238 Å². The number of rotatable bonds is 8. The first-order valence-corrected chi connectivity index (χ1v) is 14.1. The Morgan fingerprint density at radius 3 is 1.97 bits per heavy atom. The SMILES string of the molecule is CC/C(=C(\c1ccc(Cl)cc1)c1ccc(OCCN2CCN(C(=O)OC(C)(C)C)CC2)cc1)c1ccccc1. The number of nitrogens with zero attached hydrogens (tertiary/aromatic N) is 2. The van der Waals surface area contributed by atoms with Crippen LogP contribution in [0.2, 0.25) is 5.02 Å². The van der Waals surface area contributed by atoms with Gasteiger partial charge in [-0.3, -0.25) is 4.90 Å². The first-order chi connectivity index (χ1) is 18.7.